The van der Waals surface area contributed by atoms with Gasteiger partial charge >= 0.3 is 5.69 Å². The highest BCUT2D eigenvalue weighted by atomic mass is 35.5. The first-order chi connectivity index (χ1) is 14.3. The summed E-state index contributed by atoms with van der Waals surface area (Å²) in [4.78, 5) is 25.8. The Morgan fingerprint density at radius 2 is 1.97 bits per heavy atom. The van der Waals surface area contributed by atoms with Crippen LogP contribution in [0, 0.1) is 12.7 Å². The van der Waals surface area contributed by atoms with Gasteiger partial charge in [0.1, 0.15) is 11.6 Å². The molecule has 0 atom stereocenters. The van der Waals surface area contributed by atoms with Crippen molar-refractivity contribution < 1.29 is 9.50 Å². The molecule has 1 N–H and O–H groups in total. The Morgan fingerprint density at radius 3 is 2.67 bits per heavy atom. The molecule has 4 aromatic rings. The summed E-state index contributed by atoms with van der Waals surface area (Å²) in [6.45, 7) is 5.82. The average Bonchev–Trinajstić information content (AvgIpc) is 2.69. The number of aryl methyl sites for hydroxylation is 1. The van der Waals surface area contributed by atoms with Crippen LogP contribution in [0.3, 0.4) is 0 Å². The standard InChI is InChI=1S/C22H18ClFN4O2/c1-11(2)18-20(12(3)7-8-25-18)28-21-13(10-26-22(28)30)9-14(23)19(27-21)17-15(24)5-4-6-16(17)29/h4-11,29H,1-3H3. The van der Waals surface area contributed by atoms with E-state index in [-0.39, 0.29) is 33.6 Å². The van der Waals surface area contributed by atoms with Crippen molar-refractivity contribution in [2.75, 3.05) is 0 Å². The first-order valence-electron chi connectivity index (χ1n) is 9.31. The summed E-state index contributed by atoms with van der Waals surface area (Å²) in [6, 6.07) is 7.29. The molecule has 0 spiro atoms. The molecule has 0 saturated heterocycles. The van der Waals surface area contributed by atoms with Crippen molar-refractivity contribution in [1.29, 1.82) is 0 Å². The molecule has 6 nitrogen and oxygen atoms in total. The van der Waals surface area contributed by atoms with Gasteiger partial charge < -0.3 is 5.11 Å². The number of hydrogen-bond donors (Lipinski definition) is 1. The molecule has 0 amide bonds. The van der Waals surface area contributed by atoms with E-state index in [9.17, 15) is 14.3 Å². The molecule has 0 fully saturated rings. The van der Waals surface area contributed by atoms with Crippen LogP contribution in [-0.4, -0.2) is 24.6 Å². The van der Waals surface area contributed by atoms with Gasteiger partial charge in [0.05, 0.1) is 27.7 Å². The van der Waals surface area contributed by atoms with Gasteiger partial charge in [-0.05, 0) is 42.7 Å². The van der Waals surface area contributed by atoms with Gasteiger partial charge in [-0.2, -0.15) is 0 Å². The Morgan fingerprint density at radius 1 is 1.20 bits per heavy atom. The molecule has 1 aromatic carbocycles. The SMILES string of the molecule is Cc1ccnc(C(C)C)c1-n1c(=O)ncc2cc(Cl)c(-c3c(O)cccc3F)nc21. The maximum Gasteiger partial charge on any atom is 0.353 e. The summed E-state index contributed by atoms with van der Waals surface area (Å²) in [7, 11) is 0. The van der Waals surface area contributed by atoms with Crippen molar-refractivity contribution in [3.05, 3.63) is 75.3 Å². The third kappa shape index (κ3) is 3.21. The van der Waals surface area contributed by atoms with E-state index in [0.717, 1.165) is 5.56 Å². The first-order valence-corrected chi connectivity index (χ1v) is 9.69. The number of aromatic hydroxyl groups is 1. The zero-order valence-electron chi connectivity index (χ0n) is 16.5. The monoisotopic (exact) mass is 424 g/mol. The van der Waals surface area contributed by atoms with Gasteiger partial charge in [-0.3, -0.25) is 4.98 Å². The van der Waals surface area contributed by atoms with E-state index < -0.39 is 11.5 Å². The van der Waals surface area contributed by atoms with E-state index in [1.54, 1.807) is 18.3 Å². The van der Waals surface area contributed by atoms with Crippen molar-refractivity contribution in [3.8, 4) is 22.7 Å². The molecule has 152 valence electrons. The van der Waals surface area contributed by atoms with Gasteiger partial charge in [-0.25, -0.2) is 23.7 Å². The lowest BCUT2D eigenvalue weighted by Gasteiger charge is -2.18. The molecule has 0 aliphatic rings. The Hall–Kier alpha value is -3.32. The zero-order valence-corrected chi connectivity index (χ0v) is 17.3. The normalized spacial score (nSPS) is 11.4. The van der Waals surface area contributed by atoms with Gasteiger partial charge in [0.2, 0.25) is 0 Å². The minimum atomic E-state index is -0.674. The maximum atomic E-state index is 14.5. The molecule has 0 radical (unpaired) electrons. The predicted molar refractivity (Wildman–Crippen MR) is 114 cm³/mol. The molecule has 4 rings (SSSR count). The number of pyridine rings is 2. The van der Waals surface area contributed by atoms with Crippen LogP contribution in [0.5, 0.6) is 5.75 Å². The smallest absolute Gasteiger partial charge is 0.353 e. The van der Waals surface area contributed by atoms with Gasteiger partial charge in [0.25, 0.3) is 0 Å². The Bertz CT molecular complexity index is 1330. The van der Waals surface area contributed by atoms with E-state index in [1.165, 1.54) is 29.0 Å². The number of phenols is 1. The van der Waals surface area contributed by atoms with Crippen molar-refractivity contribution >= 4 is 22.6 Å². The largest absolute Gasteiger partial charge is 0.507 e. The highest BCUT2D eigenvalue weighted by Crippen LogP contribution is 2.36. The van der Waals surface area contributed by atoms with Crippen LogP contribution in [0.25, 0.3) is 28.0 Å². The summed E-state index contributed by atoms with van der Waals surface area (Å²) in [5.74, 6) is -0.941. The molecule has 0 unspecified atom stereocenters. The quantitative estimate of drug-likeness (QED) is 0.512. The fourth-order valence-electron chi connectivity index (χ4n) is 3.45. The molecule has 0 saturated carbocycles. The molecular weight excluding hydrogens is 407 g/mol. The summed E-state index contributed by atoms with van der Waals surface area (Å²) in [5, 5.41) is 10.8. The van der Waals surface area contributed by atoms with Crippen LogP contribution in [0.4, 0.5) is 4.39 Å². The number of benzene rings is 1. The van der Waals surface area contributed by atoms with Crippen molar-refractivity contribution in [1.82, 2.24) is 19.5 Å². The number of rotatable bonds is 3. The summed E-state index contributed by atoms with van der Waals surface area (Å²) in [6.07, 6.45) is 3.06. The Kier molecular flexibility index (Phi) is 4.99. The topological polar surface area (TPSA) is 80.9 Å². The molecule has 8 heteroatoms. The van der Waals surface area contributed by atoms with E-state index in [1.807, 2.05) is 20.8 Å². The molecule has 30 heavy (non-hydrogen) atoms. The highest BCUT2D eigenvalue weighted by Gasteiger charge is 2.21. The minimum Gasteiger partial charge on any atom is -0.507 e. The lowest BCUT2D eigenvalue weighted by Crippen LogP contribution is -2.24. The van der Waals surface area contributed by atoms with Gasteiger partial charge in [0.15, 0.2) is 5.65 Å². The Balaban J connectivity index is 2.14. The molecular formula is C22H18ClFN4O2. The zero-order chi connectivity index (χ0) is 21.6. The fourth-order valence-corrected chi connectivity index (χ4v) is 3.70. The van der Waals surface area contributed by atoms with E-state index in [2.05, 4.69) is 15.0 Å². The van der Waals surface area contributed by atoms with Crippen molar-refractivity contribution in [3.63, 3.8) is 0 Å². The molecule has 0 aliphatic carbocycles. The van der Waals surface area contributed by atoms with Gasteiger partial charge in [0, 0.05) is 17.8 Å². The van der Waals surface area contributed by atoms with Crippen molar-refractivity contribution in [2.45, 2.75) is 26.7 Å². The number of hydrogen-bond acceptors (Lipinski definition) is 5. The minimum absolute atomic E-state index is 0.0319. The van der Waals surface area contributed by atoms with Gasteiger partial charge in [-0.15, -0.1) is 0 Å². The molecule has 3 heterocycles. The van der Waals surface area contributed by atoms with E-state index >= 15 is 0 Å². The van der Waals surface area contributed by atoms with Crippen molar-refractivity contribution in [2.24, 2.45) is 0 Å². The second-order valence-electron chi connectivity index (χ2n) is 7.26. The number of phenolic OH excluding ortho intramolecular Hbond substituents is 1. The number of nitrogens with zero attached hydrogens (tertiary/aromatic N) is 4. The third-order valence-electron chi connectivity index (χ3n) is 4.85. The second-order valence-corrected chi connectivity index (χ2v) is 7.67. The molecule has 3 aromatic heterocycles. The molecule has 0 bridgehead atoms. The number of fused-ring (bicyclic) bond motifs is 1. The van der Waals surface area contributed by atoms with E-state index in [0.29, 0.717) is 16.8 Å². The van der Waals surface area contributed by atoms with Crippen LogP contribution in [0.15, 0.2) is 47.5 Å². The summed E-state index contributed by atoms with van der Waals surface area (Å²) in [5.41, 5.74) is 1.71. The maximum absolute atomic E-state index is 14.5. The average molecular weight is 425 g/mol. The predicted octanol–water partition coefficient (Wildman–Crippen LogP) is 4.77. The highest BCUT2D eigenvalue weighted by molar-refractivity contribution is 6.33. The third-order valence-corrected chi connectivity index (χ3v) is 5.14. The summed E-state index contributed by atoms with van der Waals surface area (Å²) >= 11 is 6.37. The van der Waals surface area contributed by atoms with Crippen LogP contribution in [0.1, 0.15) is 31.0 Å². The number of halogens is 2. The van der Waals surface area contributed by atoms with Crippen LogP contribution >= 0.6 is 11.6 Å². The lowest BCUT2D eigenvalue weighted by atomic mass is 10.0. The van der Waals surface area contributed by atoms with Crippen LogP contribution in [-0.2, 0) is 0 Å². The summed E-state index contributed by atoms with van der Waals surface area (Å²) < 4.78 is 15.9. The Labute approximate surface area is 176 Å². The molecule has 0 aliphatic heterocycles. The fraction of sp³-hybridized carbons (Fsp3) is 0.182. The van der Waals surface area contributed by atoms with E-state index in [4.69, 9.17) is 11.6 Å². The first kappa shape index (κ1) is 20.0. The number of aromatic nitrogens is 4. The van der Waals surface area contributed by atoms with Gasteiger partial charge in [-0.1, -0.05) is 31.5 Å². The van der Waals surface area contributed by atoms with Crippen LogP contribution < -0.4 is 5.69 Å². The lowest BCUT2D eigenvalue weighted by molar-refractivity contribution is 0.471. The van der Waals surface area contributed by atoms with Crippen LogP contribution in [0.2, 0.25) is 5.02 Å². The second kappa shape index (κ2) is 7.50.